The molecule has 0 radical (unpaired) electrons. The Morgan fingerprint density at radius 2 is 1.83 bits per heavy atom. The van der Waals surface area contributed by atoms with Gasteiger partial charge in [0, 0.05) is 23.6 Å². The molecule has 0 amide bonds. The molecule has 0 aliphatic heterocycles. The maximum atomic E-state index is 9.02. The summed E-state index contributed by atoms with van der Waals surface area (Å²) in [6.45, 7) is 10.3. The molecule has 1 heterocycles. The summed E-state index contributed by atoms with van der Waals surface area (Å²) >= 11 is 0. The number of rotatable bonds is 4. The quantitative estimate of drug-likeness (QED) is 0.762. The van der Waals surface area contributed by atoms with Crippen molar-refractivity contribution in [2.45, 2.75) is 52.0 Å². The molecule has 0 fully saturated rings. The van der Waals surface area contributed by atoms with E-state index in [1.165, 1.54) is 0 Å². The van der Waals surface area contributed by atoms with Crippen molar-refractivity contribution in [1.82, 2.24) is 9.97 Å². The highest BCUT2D eigenvalue weighted by Crippen LogP contribution is 2.23. The topological polar surface area (TPSA) is 84.1 Å². The van der Waals surface area contributed by atoms with Gasteiger partial charge in [0.1, 0.15) is 17.5 Å². The van der Waals surface area contributed by atoms with Crippen LogP contribution in [0.15, 0.2) is 6.07 Å². The van der Waals surface area contributed by atoms with E-state index in [0.29, 0.717) is 23.9 Å². The second kappa shape index (κ2) is 5.10. The number of nitrogen functional groups attached to an aromatic ring is 1. The van der Waals surface area contributed by atoms with Crippen LogP contribution in [0.1, 0.15) is 46.9 Å². The molecule has 1 rings (SSSR count). The highest BCUT2D eigenvalue weighted by Gasteiger charge is 2.21. The Hall–Kier alpha value is -1.36. The largest absolute Gasteiger partial charge is 0.396 e. The van der Waals surface area contributed by atoms with Gasteiger partial charge in [-0.1, -0.05) is 20.8 Å². The van der Waals surface area contributed by atoms with E-state index >= 15 is 0 Å². The predicted molar refractivity (Wildman–Crippen MR) is 74.5 cm³/mol. The summed E-state index contributed by atoms with van der Waals surface area (Å²) in [5.74, 6) is 1.87. The monoisotopic (exact) mass is 252 g/mol. The van der Waals surface area contributed by atoms with Crippen molar-refractivity contribution in [3.05, 3.63) is 11.9 Å². The normalized spacial score (nSPS) is 12.6. The Bertz CT molecular complexity index is 410. The fourth-order valence-electron chi connectivity index (χ4n) is 1.55. The summed E-state index contributed by atoms with van der Waals surface area (Å²) in [6.07, 6.45) is 0.641. The van der Waals surface area contributed by atoms with Gasteiger partial charge in [-0.15, -0.1) is 0 Å². The van der Waals surface area contributed by atoms with Crippen molar-refractivity contribution in [1.29, 1.82) is 0 Å². The van der Waals surface area contributed by atoms with E-state index in [-0.39, 0.29) is 17.6 Å². The van der Waals surface area contributed by atoms with Crippen molar-refractivity contribution in [2.24, 2.45) is 0 Å². The van der Waals surface area contributed by atoms with Gasteiger partial charge in [-0.05, 0) is 20.3 Å². The molecule has 0 spiro atoms. The molecule has 0 atom stereocenters. The molecule has 0 unspecified atom stereocenters. The number of aromatic nitrogens is 2. The maximum absolute atomic E-state index is 9.02. The van der Waals surface area contributed by atoms with Crippen LogP contribution in [0.3, 0.4) is 0 Å². The Labute approximate surface area is 109 Å². The van der Waals surface area contributed by atoms with Crippen LogP contribution in [0, 0.1) is 0 Å². The van der Waals surface area contributed by atoms with E-state index in [0.717, 1.165) is 0 Å². The first-order chi connectivity index (χ1) is 8.14. The van der Waals surface area contributed by atoms with Crippen molar-refractivity contribution < 1.29 is 5.11 Å². The van der Waals surface area contributed by atoms with Crippen molar-refractivity contribution in [3.8, 4) is 0 Å². The summed E-state index contributed by atoms with van der Waals surface area (Å²) in [7, 11) is 0. The van der Waals surface area contributed by atoms with Crippen LogP contribution in [0.2, 0.25) is 0 Å². The lowest BCUT2D eigenvalue weighted by molar-refractivity contribution is 0.260. The second-order valence-corrected chi connectivity index (χ2v) is 6.23. The molecule has 5 heteroatoms. The fourth-order valence-corrected chi connectivity index (χ4v) is 1.55. The minimum absolute atomic E-state index is 0.132. The Morgan fingerprint density at radius 3 is 2.33 bits per heavy atom. The second-order valence-electron chi connectivity index (χ2n) is 6.23. The lowest BCUT2D eigenvalue weighted by Crippen LogP contribution is -2.33. The smallest absolute Gasteiger partial charge is 0.138 e. The minimum Gasteiger partial charge on any atom is -0.396 e. The number of hydrogen-bond acceptors (Lipinski definition) is 5. The highest BCUT2D eigenvalue weighted by atomic mass is 16.3. The molecule has 0 saturated heterocycles. The third kappa shape index (κ3) is 4.14. The molecule has 0 aliphatic carbocycles. The first-order valence-electron chi connectivity index (χ1n) is 6.18. The third-order valence-corrected chi connectivity index (χ3v) is 2.62. The van der Waals surface area contributed by atoms with Gasteiger partial charge in [-0.25, -0.2) is 9.97 Å². The highest BCUT2D eigenvalue weighted by molar-refractivity contribution is 5.46. The average Bonchev–Trinajstić information content (AvgIpc) is 2.13. The molecule has 1 aromatic heterocycles. The van der Waals surface area contributed by atoms with Gasteiger partial charge in [-0.2, -0.15) is 0 Å². The molecule has 0 bridgehead atoms. The van der Waals surface area contributed by atoms with Crippen LogP contribution in [-0.2, 0) is 5.41 Å². The standard InChI is InChI=1S/C13H24N4O/c1-12(2,3)11-15-9(14)8-10(16-11)17-13(4,5)6-7-18/h8,18H,6-7H2,1-5H3,(H3,14,15,16,17). The zero-order valence-corrected chi connectivity index (χ0v) is 11.9. The van der Waals surface area contributed by atoms with Gasteiger partial charge in [-0.3, -0.25) is 0 Å². The van der Waals surface area contributed by atoms with Gasteiger partial charge >= 0.3 is 0 Å². The molecule has 0 aromatic carbocycles. The summed E-state index contributed by atoms with van der Waals surface area (Å²) in [6, 6.07) is 1.72. The summed E-state index contributed by atoms with van der Waals surface area (Å²) in [4.78, 5) is 8.75. The molecule has 4 N–H and O–H groups in total. The number of aliphatic hydroxyl groups is 1. The number of nitrogens with one attached hydrogen (secondary N) is 1. The molecule has 18 heavy (non-hydrogen) atoms. The average molecular weight is 252 g/mol. The van der Waals surface area contributed by atoms with E-state index < -0.39 is 0 Å². The van der Waals surface area contributed by atoms with E-state index in [4.69, 9.17) is 10.8 Å². The Kier molecular flexibility index (Phi) is 4.16. The summed E-state index contributed by atoms with van der Waals surface area (Å²) < 4.78 is 0. The van der Waals surface area contributed by atoms with E-state index in [1.807, 2.05) is 34.6 Å². The van der Waals surface area contributed by atoms with Gasteiger partial charge in [0.25, 0.3) is 0 Å². The number of nitrogens with two attached hydrogens (primary N) is 1. The molecule has 0 aliphatic rings. The van der Waals surface area contributed by atoms with Gasteiger partial charge in [0.05, 0.1) is 0 Å². The molecular formula is C13H24N4O. The van der Waals surface area contributed by atoms with E-state index in [2.05, 4.69) is 15.3 Å². The van der Waals surface area contributed by atoms with Crippen molar-refractivity contribution in [3.63, 3.8) is 0 Å². The van der Waals surface area contributed by atoms with Gasteiger partial charge in [0.2, 0.25) is 0 Å². The van der Waals surface area contributed by atoms with Gasteiger partial charge in [0.15, 0.2) is 0 Å². The molecule has 102 valence electrons. The van der Waals surface area contributed by atoms with Crippen LogP contribution >= 0.6 is 0 Å². The van der Waals surface area contributed by atoms with E-state index in [9.17, 15) is 0 Å². The molecular weight excluding hydrogens is 228 g/mol. The van der Waals surface area contributed by atoms with Gasteiger partial charge < -0.3 is 16.2 Å². The Morgan fingerprint density at radius 1 is 1.22 bits per heavy atom. The number of anilines is 2. The minimum atomic E-state index is -0.231. The number of nitrogens with zero attached hydrogens (tertiary/aromatic N) is 2. The molecule has 5 nitrogen and oxygen atoms in total. The number of aliphatic hydroxyl groups excluding tert-OH is 1. The molecule has 0 saturated carbocycles. The summed E-state index contributed by atoms with van der Waals surface area (Å²) in [5.41, 5.74) is 5.43. The van der Waals surface area contributed by atoms with Crippen LogP contribution in [0.4, 0.5) is 11.6 Å². The first kappa shape index (κ1) is 14.7. The zero-order valence-electron chi connectivity index (χ0n) is 11.9. The lowest BCUT2D eigenvalue weighted by atomic mass is 9.95. The SMILES string of the molecule is CC(C)(CCO)Nc1cc(N)nc(C(C)(C)C)n1. The van der Waals surface area contributed by atoms with Crippen LogP contribution in [0.25, 0.3) is 0 Å². The summed E-state index contributed by atoms with van der Waals surface area (Å²) in [5, 5.41) is 12.3. The fraction of sp³-hybridized carbons (Fsp3) is 0.692. The predicted octanol–water partition coefficient (Wildman–Crippen LogP) is 1.93. The molecule has 1 aromatic rings. The Balaban J connectivity index is 3.00. The maximum Gasteiger partial charge on any atom is 0.138 e. The lowest BCUT2D eigenvalue weighted by Gasteiger charge is -2.27. The third-order valence-electron chi connectivity index (χ3n) is 2.62. The van der Waals surface area contributed by atoms with Crippen molar-refractivity contribution >= 4 is 11.6 Å². The van der Waals surface area contributed by atoms with Crippen LogP contribution in [0.5, 0.6) is 0 Å². The van der Waals surface area contributed by atoms with Crippen LogP contribution < -0.4 is 11.1 Å². The van der Waals surface area contributed by atoms with Crippen LogP contribution in [-0.4, -0.2) is 27.2 Å². The number of hydrogen-bond donors (Lipinski definition) is 3. The zero-order chi connectivity index (χ0) is 14.0. The van der Waals surface area contributed by atoms with Crippen molar-refractivity contribution in [2.75, 3.05) is 17.7 Å². The first-order valence-corrected chi connectivity index (χ1v) is 6.18. The van der Waals surface area contributed by atoms with E-state index in [1.54, 1.807) is 6.07 Å².